The highest BCUT2D eigenvalue weighted by atomic mass is 32.1. The summed E-state index contributed by atoms with van der Waals surface area (Å²) in [4.78, 5) is 19.0. The molecule has 116 valence electrons. The number of thiophene rings is 1. The van der Waals surface area contributed by atoms with Gasteiger partial charge in [-0.25, -0.2) is 4.98 Å². The molecule has 2 aliphatic rings. The molecule has 4 rings (SSSR count). The molecule has 3 heterocycles. The highest BCUT2D eigenvalue weighted by Crippen LogP contribution is 2.38. The molecular weight excluding hydrogens is 296 g/mol. The molecule has 0 spiro atoms. The van der Waals surface area contributed by atoms with Crippen LogP contribution in [0.4, 0.5) is 0 Å². The van der Waals surface area contributed by atoms with Gasteiger partial charge in [-0.1, -0.05) is 0 Å². The maximum absolute atomic E-state index is 12.3. The Morgan fingerprint density at radius 3 is 2.77 bits per heavy atom. The molecule has 6 heteroatoms. The summed E-state index contributed by atoms with van der Waals surface area (Å²) in [6.07, 6.45) is 4.95. The molecule has 2 aromatic rings. The summed E-state index contributed by atoms with van der Waals surface area (Å²) in [6.45, 7) is 1.65. The van der Waals surface area contributed by atoms with E-state index in [0.717, 1.165) is 43.1 Å². The average Bonchev–Trinajstić information content (AvgIpc) is 3.06. The van der Waals surface area contributed by atoms with Gasteiger partial charge in [-0.05, 0) is 48.1 Å². The smallest absolute Gasteiger partial charge is 0.227 e. The molecule has 1 aliphatic heterocycles. The van der Waals surface area contributed by atoms with Crippen molar-refractivity contribution in [1.82, 2.24) is 20.1 Å². The van der Waals surface area contributed by atoms with Crippen molar-refractivity contribution in [2.75, 3.05) is 13.1 Å². The van der Waals surface area contributed by atoms with Crippen molar-refractivity contribution in [1.29, 1.82) is 0 Å². The number of nitrogens with one attached hydrogen (secondary N) is 1. The molecule has 0 atom stereocenters. The lowest BCUT2D eigenvalue weighted by atomic mass is 9.96. The molecule has 0 aromatic carbocycles. The van der Waals surface area contributed by atoms with Crippen molar-refractivity contribution in [3.8, 4) is 0 Å². The van der Waals surface area contributed by atoms with Gasteiger partial charge in [0.1, 0.15) is 5.82 Å². The molecule has 1 aliphatic carbocycles. The van der Waals surface area contributed by atoms with Gasteiger partial charge in [0, 0.05) is 24.9 Å². The molecule has 1 saturated carbocycles. The standard InChI is InChI=1S/C16H20N4OS/c21-14(9-11-5-8-22-10-11)20-6-3-13(4-7-20)16-17-15(18-19-16)12-1-2-12/h5,8,10,12-13H,1-4,6-7,9H2,(H,17,18,19). The highest BCUT2D eigenvalue weighted by molar-refractivity contribution is 7.07. The SMILES string of the molecule is O=C(Cc1ccsc1)N1CCC(c2nc(C3CC3)n[nH]2)CC1. The fourth-order valence-electron chi connectivity index (χ4n) is 3.08. The fourth-order valence-corrected chi connectivity index (χ4v) is 3.75. The summed E-state index contributed by atoms with van der Waals surface area (Å²) in [5, 5.41) is 11.5. The van der Waals surface area contributed by atoms with E-state index in [4.69, 9.17) is 0 Å². The molecular formula is C16H20N4OS. The predicted molar refractivity (Wildman–Crippen MR) is 84.9 cm³/mol. The molecule has 5 nitrogen and oxygen atoms in total. The quantitative estimate of drug-likeness (QED) is 0.943. The number of carbonyl (C=O) groups excluding carboxylic acids is 1. The van der Waals surface area contributed by atoms with Crippen LogP contribution >= 0.6 is 11.3 Å². The minimum atomic E-state index is 0.244. The zero-order valence-corrected chi connectivity index (χ0v) is 13.3. The Labute approximate surface area is 133 Å². The van der Waals surface area contributed by atoms with Crippen LogP contribution in [0.15, 0.2) is 16.8 Å². The second kappa shape index (κ2) is 5.83. The Morgan fingerprint density at radius 2 is 2.09 bits per heavy atom. The van der Waals surface area contributed by atoms with Gasteiger partial charge in [0.25, 0.3) is 0 Å². The molecule has 1 N–H and O–H groups in total. The van der Waals surface area contributed by atoms with Gasteiger partial charge in [-0.2, -0.15) is 16.4 Å². The zero-order chi connectivity index (χ0) is 14.9. The Hall–Kier alpha value is -1.69. The van der Waals surface area contributed by atoms with E-state index in [1.807, 2.05) is 16.3 Å². The van der Waals surface area contributed by atoms with Crippen molar-refractivity contribution < 1.29 is 4.79 Å². The summed E-state index contributed by atoms with van der Waals surface area (Å²) >= 11 is 1.65. The monoisotopic (exact) mass is 316 g/mol. The lowest BCUT2D eigenvalue weighted by Gasteiger charge is -2.31. The van der Waals surface area contributed by atoms with Gasteiger partial charge < -0.3 is 4.90 Å². The number of likely N-dealkylation sites (tertiary alicyclic amines) is 1. The molecule has 2 fully saturated rings. The van der Waals surface area contributed by atoms with Crippen LogP contribution in [0.1, 0.15) is 54.7 Å². The van der Waals surface area contributed by atoms with Crippen molar-refractivity contribution in [3.63, 3.8) is 0 Å². The van der Waals surface area contributed by atoms with Gasteiger partial charge in [0.2, 0.25) is 5.91 Å². The number of hydrogen-bond acceptors (Lipinski definition) is 4. The van der Waals surface area contributed by atoms with Crippen LogP contribution in [0.2, 0.25) is 0 Å². The largest absolute Gasteiger partial charge is 0.342 e. The third-order valence-electron chi connectivity index (χ3n) is 4.63. The topological polar surface area (TPSA) is 61.9 Å². The summed E-state index contributed by atoms with van der Waals surface area (Å²) in [6, 6.07) is 2.03. The molecule has 0 bridgehead atoms. The first-order valence-electron chi connectivity index (χ1n) is 8.00. The van der Waals surface area contributed by atoms with Crippen LogP contribution in [0, 0.1) is 0 Å². The van der Waals surface area contributed by atoms with E-state index in [1.54, 1.807) is 11.3 Å². The Kier molecular flexibility index (Phi) is 3.70. The number of aromatic amines is 1. The first-order chi connectivity index (χ1) is 10.8. The van der Waals surface area contributed by atoms with Crippen LogP contribution in [0.3, 0.4) is 0 Å². The third kappa shape index (κ3) is 2.92. The lowest BCUT2D eigenvalue weighted by molar-refractivity contribution is -0.131. The van der Waals surface area contributed by atoms with E-state index in [1.165, 1.54) is 12.8 Å². The van der Waals surface area contributed by atoms with E-state index in [0.29, 0.717) is 18.3 Å². The lowest BCUT2D eigenvalue weighted by Crippen LogP contribution is -2.38. The van der Waals surface area contributed by atoms with Gasteiger partial charge in [0.15, 0.2) is 5.82 Å². The van der Waals surface area contributed by atoms with E-state index >= 15 is 0 Å². The van der Waals surface area contributed by atoms with Crippen molar-refractivity contribution >= 4 is 17.2 Å². The fraction of sp³-hybridized carbons (Fsp3) is 0.562. The molecule has 2 aromatic heterocycles. The summed E-state index contributed by atoms with van der Waals surface area (Å²) in [5.41, 5.74) is 1.13. The minimum absolute atomic E-state index is 0.244. The number of nitrogens with zero attached hydrogens (tertiary/aromatic N) is 3. The van der Waals surface area contributed by atoms with E-state index in [9.17, 15) is 4.79 Å². The molecule has 22 heavy (non-hydrogen) atoms. The van der Waals surface area contributed by atoms with Gasteiger partial charge in [-0.15, -0.1) is 0 Å². The van der Waals surface area contributed by atoms with Crippen LogP contribution in [0.25, 0.3) is 0 Å². The Balaban J connectivity index is 1.32. The Bertz CT molecular complexity index is 639. The predicted octanol–water partition coefficient (Wildman–Crippen LogP) is 2.69. The number of hydrogen-bond donors (Lipinski definition) is 1. The van der Waals surface area contributed by atoms with Gasteiger partial charge >= 0.3 is 0 Å². The second-order valence-electron chi connectivity index (χ2n) is 6.32. The van der Waals surface area contributed by atoms with Crippen LogP contribution in [-0.4, -0.2) is 39.1 Å². The number of piperidine rings is 1. The van der Waals surface area contributed by atoms with Crippen LogP contribution in [0.5, 0.6) is 0 Å². The van der Waals surface area contributed by atoms with Gasteiger partial charge in [0.05, 0.1) is 6.42 Å². The van der Waals surface area contributed by atoms with E-state index in [-0.39, 0.29) is 5.91 Å². The van der Waals surface area contributed by atoms with E-state index in [2.05, 4.69) is 20.6 Å². The highest BCUT2D eigenvalue weighted by Gasteiger charge is 2.30. The Morgan fingerprint density at radius 1 is 1.27 bits per heavy atom. The molecule has 0 unspecified atom stereocenters. The zero-order valence-electron chi connectivity index (χ0n) is 12.5. The number of amides is 1. The van der Waals surface area contributed by atoms with Crippen LogP contribution < -0.4 is 0 Å². The normalized spacial score (nSPS) is 19.5. The summed E-state index contributed by atoms with van der Waals surface area (Å²) in [7, 11) is 0. The van der Waals surface area contributed by atoms with Crippen molar-refractivity contribution in [2.45, 2.75) is 43.9 Å². The van der Waals surface area contributed by atoms with Crippen molar-refractivity contribution in [3.05, 3.63) is 34.0 Å². The number of H-pyrrole nitrogens is 1. The maximum atomic E-state index is 12.3. The minimum Gasteiger partial charge on any atom is -0.342 e. The van der Waals surface area contributed by atoms with E-state index < -0.39 is 0 Å². The first kappa shape index (κ1) is 13.9. The second-order valence-corrected chi connectivity index (χ2v) is 7.10. The average molecular weight is 316 g/mol. The molecule has 0 radical (unpaired) electrons. The third-order valence-corrected chi connectivity index (χ3v) is 5.36. The molecule has 1 amide bonds. The molecule has 1 saturated heterocycles. The maximum Gasteiger partial charge on any atom is 0.227 e. The summed E-state index contributed by atoms with van der Waals surface area (Å²) in [5.74, 6) is 3.27. The van der Waals surface area contributed by atoms with Crippen LogP contribution in [-0.2, 0) is 11.2 Å². The number of aromatic nitrogens is 3. The first-order valence-corrected chi connectivity index (χ1v) is 8.95. The summed E-state index contributed by atoms with van der Waals surface area (Å²) < 4.78 is 0. The number of rotatable bonds is 4. The number of carbonyl (C=O) groups is 1. The van der Waals surface area contributed by atoms with Crippen molar-refractivity contribution in [2.24, 2.45) is 0 Å². The van der Waals surface area contributed by atoms with Gasteiger partial charge in [-0.3, -0.25) is 9.89 Å².